The molecule has 1 amide bonds. The molecule has 7 heteroatoms. The van der Waals surface area contributed by atoms with Gasteiger partial charge in [-0.05, 0) is 61.9 Å². The molecule has 1 aliphatic heterocycles. The molecule has 1 aliphatic carbocycles. The molecule has 1 unspecified atom stereocenters. The number of morpholine rings is 1. The van der Waals surface area contributed by atoms with Crippen LogP contribution >= 0.6 is 0 Å². The molecule has 1 saturated carbocycles. The Labute approximate surface area is 203 Å². The van der Waals surface area contributed by atoms with Crippen molar-refractivity contribution in [2.24, 2.45) is 0 Å². The van der Waals surface area contributed by atoms with Gasteiger partial charge in [-0.15, -0.1) is 0 Å². The van der Waals surface area contributed by atoms with Crippen LogP contribution in [-0.4, -0.2) is 49.8 Å². The van der Waals surface area contributed by atoms with E-state index in [0.29, 0.717) is 24.9 Å². The highest BCUT2D eigenvalue weighted by Gasteiger charge is 2.53. The van der Waals surface area contributed by atoms with Gasteiger partial charge in [0.05, 0.1) is 17.6 Å². The summed E-state index contributed by atoms with van der Waals surface area (Å²) in [7, 11) is -3.82. The summed E-state index contributed by atoms with van der Waals surface area (Å²) in [6, 6.07) is 13.6. The molecule has 2 aromatic carbocycles. The van der Waals surface area contributed by atoms with E-state index in [-0.39, 0.29) is 16.9 Å². The Morgan fingerprint density at radius 3 is 2.59 bits per heavy atom. The Kier molecular flexibility index (Phi) is 7.45. The van der Waals surface area contributed by atoms with Gasteiger partial charge in [0.25, 0.3) is 0 Å². The molecule has 2 aromatic rings. The second-order valence-electron chi connectivity index (χ2n) is 9.89. The van der Waals surface area contributed by atoms with Gasteiger partial charge in [0, 0.05) is 26.2 Å². The minimum absolute atomic E-state index is 0.234. The number of benzene rings is 2. The molecule has 1 atom stereocenters. The number of carbonyl (C=O) groups excluding carboxylic acids is 1. The summed E-state index contributed by atoms with van der Waals surface area (Å²) in [6.45, 7) is 9.47. The maximum Gasteiger partial charge on any atom is 0.242 e. The average Bonchev–Trinajstić information content (AvgIpc) is 3.31. The number of nitrogens with zero attached hydrogens (tertiary/aromatic N) is 1. The van der Waals surface area contributed by atoms with Gasteiger partial charge in [-0.1, -0.05) is 49.2 Å². The van der Waals surface area contributed by atoms with E-state index in [4.69, 9.17) is 4.74 Å². The monoisotopic (exact) mass is 484 g/mol. The van der Waals surface area contributed by atoms with E-state index in [1.807, 2.05) is 31.2 Å². The number of carbonyl (C=O) groups is 1. The van der Waals surface area contributed by atoms with Crippen LogP contribution in [0.3, 0.4) is 0 Å². The summed E-state index contributed by atoms with van der Waals surface area (Å²) in [5, 5.41) is 2.98. The number of hydrogen-bond acceptors (Lipinski definition) is 5. The fraction of sp³-hybridized carbons (Fsp3) is 0.519. The Morgan fingerprint density at radius 1 is 1.12 bits per heavy atom. The fourth-order valence-corrected chi connectivity index (χ4v) is 7.64. The second-order valence-corrected chi connectivity index (χ2v) is 12.1. The first-order chi connectivity index (χ1) is 16.2. The number of hydrogen-bond donors (Lipinski definition) is 1. The summed E-state index contributed by atoms with van der Waals surface area (Å²) in [5.41, 5.74) is 3.72. The highest BCUT2D eigenvalue weighted by molar-refractivity contribution is 7.93. The standard InChI is InChI=1S/C27H36N2O4S/c1-20-9-10-21(2)25(15-20)34(31,32)27(11-4-5-12-27)26(30)28-17-23-7-6-8-24(16-23)19-29-13-14-33-22(3)18-29/h6-10,15-16,22H,4-5,11-14,17-19H2,1-3H3,(H,28,30). The molecule has 0 spiro atoms. The Bertz CT molecular complexity index is 1140. The molecular formula is C27H36N2O4S. The lowest BCUT2D eigenvalue weighted by atomic mass is 10.1. The van der Waals surface area contributed by atoms with Gasteiger partial charge in [-0.25, -0.2) is 8.42 Å². The molecule has 1 saturated heterocycles. The molecule has 1 N–H and O–H groups in total. The van der Waals surface area contributed by atoms with Gasteiger partial charge >= 0.3 is 0 Å². The number of nitrogens with one attached hydrogen (secondary N) is 1. The smallest absolute Gasteiger partial charge is 0.242 e. The Hall–Kier alpha value is -2.22. The summed E-state index contributed by atoms with van der Waals surface area (Å²) in [6.07, 6.45) is 2.45. The van der Waals surface area contributed by atoms with E-state index in [1.54, 1.807) is 13.0 Å². The van der Waals surface area contributed by atoms with Crippen LogP contribution in [0.25, 0.3) is 0 Å². The first-order valence-corrected chi connectivity index (χ1v) is 13.7. The average molecular weight is 485 g/mol. The van der Waals surface area contributed by atoms with Crippen molar-refractivity contribution in [1.29, 1.82) is 0 Å². The van der Waals surface area contributed by atoms with Crippen molar-refractivity contribution < 1.29 is 17.9 Å². The number of sulfone groups is 1. The molecule has 0 aromatic heterocycles. The molecular weight excluding hydrogens is 448 g/mol. The third kappa shape index (κ3) is 5.07. The van der Waals surface area contributed by atoms with Gasteiger partial charge in [-0.3, -0.25) is 9.69 Å². The van der Waals surface area contributed by atoms with E-state index < -0.39 is 14.6 Å². The quantitative estimate of drug-likeness (QED) is 0.645. The largest absolute Gasteiger partial charge is 0.376 e. The fourth-order valence-electron chi connectivity index (χ4n) is 5.25. The van der Waals surface area contributed by atoms with Crippen LogP contribution in [0.4, 0.5) is 0 Å². The zero-order valence-electron chi connectivity index (χ0n) is 20.5. The van der Waals surface area contributed by atoms with Crippen molar-refractivity contribution in [2.75, 3.05) is 19.7 Å². The molecule has 2 aliphatic rings. The Balaban J connectivity index is 1.49. The normalized spacial score (nSPS) is 20.9. The van der Waals surface area contributed by atoms with Crippen LogP contribution in [0.5, 0.6) is 0 Å². The topological polar surface area (TPSA) is 75.7 Å². The van der Waals surface area contributed by atoms with Crippen molar-refractivity contribution in [3.05, 3.63) is 64.7 Å². The van der Waals surface area contributed by atoms with Crippen molar-refractivity contribution in [1.82, 2.24) is 10.2 Å². The summed E-state index contributed by atoms with van der Waals surface area (Å²) >= 11 is 0. The maximum atomic E-state index is 13.8. The number of ether oxygens (including phenoxy) is 1. The van der Waals surface area contributed by atoms with E-state index >= 15 is 0 Å². The molecule has 0 radical (unpaired) electrons. The third-order valence-corrected chi connectivity index (χ3v) is 9.79. The molecule has 34 heavy (non-hydrogen) atoms. The Morgan fingerprint density at radius 2 is 1.85 bits per heavy atom. The number of amides is 1. The van der Waals surface area contributed by atoms with E-state index in [1.165, 1.54) is 5.56 Å². The van der Waals surface area contributed by atoms with Crippen LogP contribution in [0.2, 0.25) is 0 Å². The predicted octanol–water partition coefficient (Wildman–Crippen LogP) is 3.93. The van der Waals surface area contributed by atoms with E-state index in [9.17, 15) is 13.2 Å². The van der Waals surface area contributed by atoms with Gasteiger partial charge in [0.1, 0.15) is 0 Å². The van der Waals surface area contributed by atoms with Crippen LogP contribution in [0.1, 0.15) is 54.9 Å². The number of rotatable bonds is 7. The lowest BCUT2D eigenvalue weighted by Gasteiger charge is -2.31. The highest BCUT2D eigenvalue weighted by Crippen LogP contribution is 2.41. The maximum absolute atomic E-state index is 13.8. The lowest BCUT2D eigenvalue weighted by molar-refractivity contribution is -0.123. The summed E-state index contributed by atoms with van der Waals surface area (Å²) in [4.78, 5) is 16.1. The summed E-state index contributed by atoms with van der Waals surface area (Å²) < 4.78 is 31.8. The zero-order chi connectivity index (χ0) is 24.3. The van der Waals surface area contributed by atoms with Gasteiger partial charge in [0.15, 0.2) is 14.6 Å². The summed E-state index contributed by atoms with van der Waals surface area (Å²) in [5.74, 6) is -0.377. The van der Waals surface area contributed by atoms with Crippen LogP contribution in [0, 0.1) is 13.8 Å². The predicted molar refractivity (Wildman–Crippen MR) is 133 cm³/mol. The van der Waals surface area contributed by atoms with Crippen LogP contribution in [0.15, 0.2) is 47.4 Å². The molecule has 184 valence electrons. The molecule has 0 bridgehead atoms. The van der Waals surface area contributed by atoms with Crippen molar-refractivity contribution in [2.45, 2.75) is 75.3 Å². The number of aryl methyl sites for hydroxylation is 2. The minimum Gasteiger partial charge on any atom is -0.376 e. The van der Waals surface area contributed by atoms with Gasteiger partial charge in [-0.2, -0.15) is 0 Å². The first kappa shape index (κ1) is 24.9. The molecule has 1 heterocycles. The zero-order valence-corrected chi connectivity index (χ0v) is 21.3. The molecule has 6 nitrogen and oxygen atoms in total. The minimum atomic E-state index is -3.82. The molecule has 2 fully saturated rings. The van der Waals surface area contributed by atoms with Crippen LogP contribution < -0.4 is 5.32 Å². The van der Waals surface area contributed by atoms with Crippen molar-refractivity contribution in [3.63, 3.8) is 0 Å². The van der Waals surface area contributed by atoms with Crippen molar-refractivity contribution in [3.8, 4) is 0 Å². The second kappa shape index (κ2) is 10.2. The molecule has 4 rings (SSSR count). The van der Waals surface area contributed by atoms with Crippen LogP contribution in [-0.2, 0) is 32.5 Å². The first-order valence-electron chi connectivity index (χ1n) is 12.2. The van der Waals surface area contributed by atoms with Gasteiger partial charge < -0.3 is 10.1 Å². The van der Waals surface area contributed by atoms with Crippen molar-refractivity contribution >= 4 is 15.7 Å². The third-order valence-electron chi connectivity index (χ3n) is 7.15. The van der Waals surface area contributed by atoms with E-state index in [2.05, 4.69) is 29.3 Å². The SMILES string of the molecule is Cc1ccc(C)c(S(=O)(=O)C2(C(=O)NCc3cccc(CN4CCOC(C)C4)c3)CCCC2)c1. The lowest BCUT2D eigenvalue weighted by Crippen LogP contribution is -2.50. The van der Waals surface area contributed by atoms with Gasteiger partial charge in [0.2, 0.25) is 5.91 Å². The highest BCUT2D eigenvalue weighted by atomic mass is 32.2. The van der Waals surface area contributed by atoms with E-state index in [0.717, 1.165) is 50.2 Å².